The number of carbonyl (C=O) groups excluding carboxylic acids is 1. The maximum absolute atomic E-state index is 13.1. The molecule has 1 fully saturated rings. The lowest BCUT2D eigenvalue weighted by atomic mass is 10.0. The van der Waals surface area contributed by atoms with Crippen LogP contribution in [0, 0.1) is 5.82 Å². The molecule has 18 heavy (non-hydrogen) atoms. The van der Waals surface area contributed by atoms with Crippen LogP contribution < -0.4 is 0 Å². The first kappa shape index (κ1) is 12.5. The molecule has 2 rings (SSSR count). The Balaban J connectivity index is 2.23. The predicted octanol–water partition coefficient (Wildman–Crippen LogP) is 1.91. The van der Waals surface area contributed by atoms with Gasteiger partial charge in [0.05, 0.1) is 0 Å². The third-order valence-electron chi connectivity index (χ3n) is 3.12. The van der Waals surface area contributed by atoms with Crippen molar-refractivity contribution in [2.75, 3.05) is 6.54 Å². The molecule has 4 nitrogen and oxygen atoms in total. The van der Waals surface area contributed by atoms with Gasteiger partial charge >= 0.3 is 5.97 Å². The Morgan fingerprint density at radius 1 is 1.33 bits per heavy atom. The number of carbonyl (C=O) groups is 2. The Morgan fingerprint density at radius 2 is 2.11 bits per heavy atom. The molecule has 0 aromatic heterocycles. The van der Waals surface area contributed by atoms with Crippen LogP contribution in [0.15, 0.2) is 24.3 Å². The largest absolute Gasteiger partial charge is 0.480 e. The summed E-state index contributed by atoms with van der Waals surface area (Å²) < 4.78 is 13.1. The summed E-state index contributed by atoms with van der Waals surface area (Å²) in [5.41, 5.74) is 0.197. The van der Waals surface area contributed by atoms with Gasteiger partial charge in [-0.15, -0.1) is 0 Å². The fourth-order valence-corrected chi connectivity index (χ4v) is 2.22. The summed E-state index contributed by atoms with van der Waals surface area (Å²) in [5.74, 6) is -1.91. The number of carboxylic acid groups (broad SMARTS) is 1. The molecule has 96 valence electrons. The Bertz CT molecular complexity index is 475. The van der Waals surface area contributed by atoms with Crippen molar-refractivity contribution in [3.8, 4) is 0 Å². The monoisotopic (exact) mass is 251 g/mol. The summed E-state index contributed by atoms with van der Waals surface area (Å²) in [4.78, 5) is 24.6. The van der Waals surface area contributed by atoms with Gasteiger partial charge in [-0.2, -0.15) is 0 Å². The molecule has 0 radical (unpaired) electrons. The van der Waals surface area contributed by atoms with Crippen LogP contribution in [-0.2, 0) is 4.79 Å². The number of benzene rings is 1. The number of piperidine rings is 1. The van der Waals surface area contributed by atoms with Crippen LogP contribution in [0.5, 0.6) is 0 Å². The molecule has 1 amide bonds. The van der Waals surface area contributed by atoms with E-state index in [0.29, 0.717) is 13.0 Å². The average molecular weight is 251 g/mol. The first-order valence-electron chi connectivity index (χ1n) is 5.89. The van der Waals surface area contributed by atoms with Crippen LogP contribution in [0.3, 0.4) is 0 Å². The summed E-state index contributed by atoms with van der Waals surface area (Å²) in [6, 6.07) is 4.54. The highest BCUT2D eigenvalue weighted by molar-refractivity contribution is 5.96. The van der Waals surface area contributed by atoms with Crippen molar-refractivity contribution in [1.29, 1.82) is 0 Å². The first-order chi connectivity index (χ1) is 8.59. The van der Waals surface area contributed by atoms with E-state index in [9.17, 15) is 14.0 Å². The van der Waals surface area contributed by atoms with Gasteiger partial charge in [-0.1, -0.05) is 6.07 Å². The quantitative estimate of drug-likeness (QED) is 0.873. The van der Waals surface area contributed by atoms with Crippen molar-refractivity contribution in [2.24, 2.45) is 0 Å². The van der Waals surface area contributed by atoms with E-state index in [1.54, 1.807) is 0 Å². The standard InChI is InChI=1S/C13H14FNO3/c14-10-5-3-4-9(8-10)12(16)15-7-2-1-6-11(15)13(17)18/h3-5,8,11H,1-2,6-7H2,(H,17,18)/t11-/m0/s1. The number of likely N-dealkylation sites (tertiary alicyclic amines) is 1. The zero-order valence-electron chi connectivity index (χ0n) is 9.80. The van der Waals surface area contributed by atoms with Gasteiger partial charge in [-0.05, 0) is 37.5 Å². The van der Waals surface area contributed by atoms with Crippen LogP contribution in [0.2, 0.25) is 0 Å². The summed E-state index contributed by atoms with van der Waals surface area (Å²) >= 11 is 0. The third-order valence-corrected chi connectivity index (χ3v) is 3.12. The van der Waals surface area contributed by atoms with Gasteiger partial charge in [0.2, 0.25) is 0 Å². The molecule has 1 atom stereocenters. The zero-order valence-corrected chi connectivity index (χ0v) is 9.80. The molecule has 0 spiro atoms. The van der Waals surface area contributed by atoms with Gasteiger partial charge in [0, 0.05) is 12.1 Å². The smallest absolute Gasteiger partial charge is 0.326 e. The van der Waals surface area contributed by atoms with Gasteiger partial charge in [0.25, 0.3) is 5.91 Å². The van der Waals surface area contributed by atoms with E-state index in [0.717, 1.165) is 18.9 Å². The molecule has 1 N–H and O–H groups in total. The molecule has 1 aliphatic rings. The second kappa shape index (κ2) is 5.16. The molecule has 1 aromatic carbocycles. The molecule has 1 heterocycles. The van der Waals surface area contributed by atoms with Crippen molar-refractivity contribution in [3.05, 3.63) is 35.6 Å². The van der Waals surface area contributed by atoms with E-state index in [1.165, 1.54) is 23.1 Å². The Hall–Kier alpha value is -1.91. The number of hydrogen-bond acceptors (Lipinski definition) is 2. The topological polar surface area (TPSA) is 57.6 Å². The molecule has 0 bridgehead atoms. The van der Waals surface area contributed by atoms with E-state index in [-0.39, 0.29) is 5.56 Å². The van der Waals surface area contributed by atoms with Gasteiger partial charge in [0.1, 0.15) is 11.9 Å². The highest BCUT2D eigenvalue weighted by atomic mass is 19.1. The highest BCUT2D eigenvalue weighted by Gasteiger charge is 2.32. The molecule has 1 aliphatic heterocycles. The van der Waals surface area contributed by atoms with Gasteiger partial charge in [-0.25, -0.2) is 9.18 Å². The SMILES string of the molecule is O=C(O)[C@@H]1CCCCN1C(=O)c1cccc(F)c1. The predicted molar refractivity (Wildman–Crippen MR) is 62.7 cm³/mol. The summed E-state index contributed by atoms with van der Waals surface area (Å²) in [6.45, 7) is 0.409. The molecule has 0 saturated carbocycles. The summed E-state index contributed by atoms with van der Waals surface area (Å²) in [6.07, 6.45) is 2.03. The third kappa shape index (κ3) is 2.50. The number of nitrogens with zero attached hydrogens (tertiary/aromatic N) is 1. The lowest BCUT2D eigenvalue weighted by molar-refractivity contribution is -0.143. The van der Waals surface area contributed by atoms with Crippen LogP contribution in [0.4, 0.5) is 4.39 Å². The Morgan fingerprint density at radius 3 is 2.78 bits per heavy atom. The highest BCUT2D eigenvalue weighted by Crippen LogP contribution is 2.20. The van der Waals surface area contributed by atoms with Crippen molar-refractivity contribution >= 4 is 11.9 Å². The number of halogens is 1. The fraction of sp³-hybridized carbons (Fsp3) is 0.385. The number of hydrogen-bond donors (Lipinski definition) is 1. The second-order valence-corrected chi connectivity index (χ2v) is 4.36. The maximum atomic E-state index is 13.1. The number of amides is 1. The molecule has 0 unspecified atom stereocenters. The lowest BCUT2D eigenvalue weighted by Gasteiger charge is -2.33. The Kier molecular flexibility index (Phi) is 3.60. The average Bonchev–Trinajstić information content (AvgIpc) is 2.38. The zero-order chi connectivity index (χ0) is 13.1. The number of rotatable bonds is 2. The van der Waals surface area contributed by atoms with Gasteiger partial charge in [0.15, 0.2) is 0 Å². The van der Waals surface area contributed by atoms with Crippen LogP contribution >= 0.6 is 0 Å². The molecular formula is C13H14FNO3. The summed E-state index contributed by atoms with van der Waals surface area (Å²) in [7, 11) is 0. The fourth-order valence-electron chi connectivity index (χ4n) is 2.22. The molecule has 5 heteroatoms. The normalized spacial score (nSPS) is 19.6. The van der Waals surface area contributed by atoms with Crippen molar-refractivity contribution in [1.82, 2.24) is 4.90 Å². The maximum Gasteiger partial charge on any atom is 0.326 e. The Labute approximate surface area is 104 Å². The van der Waals surface area contributed by atoms with Gasteiger partial charge in [-0.3, -0.25) is 4.79 Å². The van der Waals surface area contributed by atoms with Crippen molar-refractivity contribution < 1.29 is 19.1 Å². The minimum Gasteiger partial charge on any atom is -0.480 e. The molecule has 1 aromatic rings. The van der Waals surface area contributed by atoms with Gasteiger partial charge < -0.3 is 10.0 Å². The van der Waals surface area contributed by atoms with E-state index in [2.05, 4.69) is 0 Å². The van der Waals surface area contributed by atoms with Crippen LogP contribution in [-0.4, -0.2) is 34.5 Å². The number of aliphatic carboxylic acids is 1. The van der Waals surface area contributed by atoms with Crippen LogP contribution in [0.1, 0.15) is 29.6 Å². The lowest BCUT2D eigenvalue weighted by Crippen LogP contribution is -2.48. The van der Waals surface area contributed by atoms with Crippen molar-refractivity contribution in [2.45, 2.75) is 25.3 Å². The van der Waals surface area contributed by atoms with E-state index < -0.39 is 23.7 Å². The molecule has 1 saturated heterocycles. The van der Waals surface area contributed by atoms with E-state index in [4.69, 9.17) is 5.11 Å². The minimum atomic E-state index is -1.00. The minimum absolute atomic E-state index is 0.197. The van der Waals surface area contributed by atoms with Crippen LogP contribution in [0.25, 0.3) is 0 Å². The molecule has 0 aliphatic carbocycles. The van der Waals surface area contributed by atoms with E-state index >= 15 is 0 Å². The van der Waals surface area contributed by atoms with E-state index in [1.807, 2.05) is 0 Å². The van der Waals surface area contributed by atoms with Crippen molar-refractivity contribution in [3.63, 3.8) is 0 Å². The summed E-state index contributed by atoms with van der Waals surface area (Å²) in [5, 5.41) is 9.09. The first-order valence-corrected chi connectivity index (χ1v) is 5.89. The second-order valence-electron chi connectivity index (χ2n) is 4.36. The molecular weight excluding hydrogens is 237 g/mol. The number of carboxylic acids is 1.